The molecule has 0 bridgehead atoms. The highest BCUT2D eigenvalue weighted by molar-refractivity contribution is 5.51. The molecule has 2 rings (SSSR count). The largest absolute Gasteiger partial charge is 0.397 e. The van der Waals surface area contributed by atoms with Crippen molar-refractivity contribution >= 4 is 11.5 Å². The van der Waals surface area contributed by atoms with Crippen LogP contribution in [-0.4, -0.2) is 10.1 Å². The Labute approximate surface area is 106 Å². The van der Waals surface area contributed by atoms with Gasteiger partial charge in [-0.2, -0.15) is 0 Å². The molecule has 0 aromatic carbocycles. The molecular weight excluding hydrogens is 228 g/mol. The summed E-state index contributed by atoms with van der Waals surface area (Å²) in [6.45, 7) is 7.86. The van der Waals surface area contributed by atoms with Gasteiger partial charge in [-0.15, -0.1) is 0 Å². The third-order valence-corrected chi connectivity index (χ3v) is 3.04. The van der Waals surface area contributed by atoms with E-state index in [2.05, 4.69) is 22.4 Å². The van der Waals surface area contributed by atoms with E-state index in [1.807, 2.05) is 26.8 Å². The van der Waals surface area contributed by atoms with E-state index in [1.165, 1.54) is 0 Å². The summed E-state index contributed by atoms with van der Waals surface area (Å²) in [6, 6.07) is 2.02. The van der Waals surface area contributed by atoms with Gasteiger partial charge in [-0.25, -0.2) is 4.98 Å². The number of rotatable bonds is 3. The fourth-order valence-corrected chi connectivity index (χ4v) is 2.05. The van der Waals surface area contributed by atoms with Crippen molar-refractivity contribution in [2.45, 2.75) is 33.7 Å². The second kappa shape index (κ2) is 4.68. The maximum Gasteiger partial charge on any atom is 0.139 e. The molecule has 18 heavy (non-hydrogen) atoms. The summed E-state index contributed by atoms with van der Waals surface area (Å²) in [7, 11) is 0. The lowest BCUT2D eigenvalue weighted by Gasteiger charge is -2.15. The Balaban J connectivity index is 2.21. The molecule has 0 amide bonds. The highest BCUT2D eigenvalue weighted by Gasteiger charge is 2.16. The van der Waals surface area contributed by atoms with E-state index in [0.717, 1.165) is 28.4 Å². The number of hydrogen-bond acceptors (Lipinski definition) is 5. The number of hydrogen-bond donors (Lipinski definition) is 2. The van der Waals surface area contributed by atoms with Crippen LogP contribution in [0.4, 0.5) is 11.5 Å². The quantitative estimate of drug-likeness (QED) is 0.870. The third-order valence-electron chi connectivity index (χ3n) is 3.04. The molecule has 0 aliphatic heterocycles. The van der Waals surface area contributed by atoms with Gasteiger partial charge in [0.05, 0.1) is 23.6 Å². The van der Waals surface area contributed by atoms with Gasteiger partial charge >= 0.3 is 0 Å². The van der Waals surface area contributed by atoms with Gasteiger partial charge < -0.3 is 15.6 Å². The van der Waals surface area contributed by atoms with E-state index in [0.29, 0.717) is 5.69 Å². The van der Waals surface area contributed by atoms with Crippen molar-refractivity contribution in [3.8, 4) is 0 Å². The minimum Gasteiger partial charge on any atom is -0.397 e. The monoisotopic (exact) mass is 246 g/mol. The lowest BCUT2D eigenvalue weighted by Crippen LogP contribution is -2.10. The van der Waals surface area contributed by atoms with E-state index < -0.39 is 0 Å². The summed E-state index contributed by atoms with van der Waals surface area (Å²) < 4.78 is 5.17. The third kappa shape index (κ3) is 2.30. The van der Waals surface area contributed by atoms with Gasteiger partial charge in [0.25, 0.3) is 0 Å². The van der Waals surface area contributed by atoms with Crippen molar-refractivity contribution in [2.75, 3.05) is 11.1 Å². The Morgan fingerprint density at radius 1 is 1.33 bits per heavy atom. The number of nitrogens with one attached hydrogen (secondary N) is 1. The van der Waals surface area contributed by atoms with Crippen molar-refractivity contribution in [3.05, 3.63) is 34.8 Å². The summed E-state index contributed by atoms with van der Waals surface area (Å²) in [5, 5.41) is 7.28. The highest BCUT2D eigenvalue weighted by atomic mass is 16.5. The van der Waals surface area contributed by atoms with Crippen LogP contribution in [0, 0.1) is 20.8 Å². The standard InChI is InChI=1S/C13H18N4O/c1-7-5-12(15-6-11(7)14)16-8(2)13-9(3)17-18-10(13)4/h5-6,8H,14H2,1-4H3,(H,15,16). The van der Waals surface area contributed by atoms with Gasteiger partial charge in [0.2, 0.25) is 0 Å². The molecular formula is C13H18N4O. The summed E-state index contributed by atoms with van der Waals surface area (Å²) >= 11 is 0. The Bertz CT molecular complexity index is 543. The van der Waals surface area contributed by atoms with E-state index in [9.17, 15) is 0 Å². The molecule has 3 N–H and O–H groups in total. The number of pyridine rings is 1. The lowest BCUT2D eigenvalue weighted by atomic mass is 10.1. The van der Waals surface area contributed by atoms with Crippen molar-refractivity contribution in [1.29, 1.82) is 0 Å². The molecule has 0 aliphatic rings. The molecule has 0 radical (unpaired) electrons. The van der Waals surface area contributed by atoms with Crippen LogP contribution in [0.2, 0.25) is 0 Å². The molecule has 1 unspecified atom stereocenters. The second-order valence-electron chi connectivity index (χ2n) is 4.53. The van der Waals surface area contributed by atoms with Gasteiger partial charge in [0.1, 0.15) is 11.6 Å². The van der Waals surface area contributed by atoms with Crippen LogP contribution in [0.3, 0.4) is 0 Å². The van der Waals surface area contributed by atoms with Crippen molar-refractivity contribution < 1.29 is 4.52 Å². The van der Waals surface area contributed by atoms with Crippen LogP contribution in [0.1, 0.15) is 35.5 Å². The normalized spacial score (nSPS) is 12.4. The molecule has 2 aromatic heterocycles. The zero-order valence-corrected chi connectivity index (χ0v) is 11.1. The SMILES string of the molecule is Cc1cc(NC(C)c2c(C)noc2C)ncc1N. The van der Waals surface area contributed by atoms with E-state index in [4.69, 9.17) is 10.3 Å². The zero-order valence-electron chi connectivity index (χ0n) is 11.1. The number of nitrogens with zero attached hydrogens (tertiary/aromatic N) is 2. The predicted octanol–water partition coefficient (Wildman–Crippen LogP) is 2.75. The number of nitrogen functional groups attached to an aromatic ring is 1. The molecule has 2 aromatic rings. The van der Waals surface area contributed by atoms with Crippen LogP contribution >= 0.6 is 0 Å². The van der Waals surface area contributed by atoms with Gasteiger partial charge in [0.15, 0.2) is 0 Å². The first-order chi connectivity index (χ1) is 8.49. The molecule has 5 nitrogen and oxygen atoms in total. The van der Waals surface area contributed by atoms with E-state index in [1.54, 1.807) is 6.20 Å². The first kappa shape index (κ1) is 12.4. The number of aromatic nitrogens is 2. The van der Waals surface area contributed by atoms with Crippen LogP contribution in [0.25, 0.3) is 0 Å². The van der Waals surface area contributed by atoms with Gasteiger partial charge in [-0.05, 0) is 39.3 Å². The average Bonchev–Trinajstić information content (AvgIpc) is 2.64. The Hall–Kier alpha value is -2.04. The maximum absolute atomic E-state index is 5.75. The van der Waals surface area contributed by atoms with Crippen LogP contribution < -0.4 is 11.1 Å². The number of aryl methyl sites for hydroxylation is 3. The fraction of sp³-hybridized carbons (Fsp3) is 0.385. The van der Waals surface area contributed by atoms with Crippen molar-refractivity contribution in [3.63, 3.8) is 0 Å². The zero-order chi connectivity index (χ0) is 13.3. The van der Waals surface area contributed by atoms with E-state index >= 15 is 0 Å². The van der Waals surface area contributed by atoms with Crippen LogP contribution in [0.5, 0.6) is 0 Å². The molecule has 0 aliphatic carbocycles. The first-order valence-corrected chi connectivity index (χ1v) is 5.90. The van der Waals surface area contributed by atoms with Crippen LogP contribution in [0.15, 0.2) is 16.8 Å². The Morgan fingerprint density at radius 2 is 2.06 bits per heavy atom. The first-order valence-electron chi connectivity index (χ1n) is 5.90. The summed E-state index contributed by atoms with van der Waals surface area (Å²) in [5.41, 5.74) is 9.44. The van der Waals surface area contributed by atoms with Crippen molar-refractivity contribution in [1.82, 2.24) is 10.1 Å². The molecule has 0 spiro atoms. The summed E-state index contributed by atoms with van der Waals surface area (Å²) in [5.74, 6) is 1.63. The molecule has 0 fully saturated rings. The van der Waals surface area contributed by atoms with Crippen LogP contribution in [-0.2, 0) is 0 Å². The molecule has 96 valence electrons. The molecule has 1 atom stereocenters. The molecule has 0 saturated carbocycles. The average molecular weight is 246 g/mol. The lowest BCUT2D eigenvalue weighted by molar-refractivity contribution is 0.392. The Kier molecular flexibility index (Phi) is 3.23. The number of nitrogens with two attached hydrogens (primary N) is 1. The maximum atomic E-state index is 5.75. The minimum atomic E-state index is 0.0896. The van der Waals surface area contributed by atoms with Gasteiger partial charge in [0, 0.05) is 5.56 Å². The van der Waals surface area contributed by atoms with Gasteiger partial charge in [-0.1, -0.05) is 5.16 Å². The number of anilines is 2. The van der Waals surface area contributed by atoms with Gasteiger partial charge in [-0.3, -0.25) is 0 Å². The summed E-state index contributed by atoms with van der Waals surface area (Å²) in [4.78, 5) is 4.26. The molecule has 0 saturated heterocycles. The highest BCUT2D eigenvalue weighted by Crippen LogP contribution is 2.25. The summed E-state index contributed by atoms with van der Waals surface area (Å²) in [6.07, 6.45) is 1.66. The minimum absolute atomic E-state index is 0.0896. The molecule has 5 heteroatoms. The Morgan fingerprint density at radius 3 is 2.61 bits per heavy atom. The topological polar surface area (TPSA) is 77.0 Å². The van der Waals surface area contributed by atoms with E-state index in [-0.39, 0.29) is 6.04 Å². The smallest absolute Gasteiger partial charge is 0.139 e. The second-order valence-corrected chi connectivity index (χ2v) is 4.53. The fourth-order valence-electron chi connectivity index (χ4n) is 2.05. The molecule has 2 heterocycles. The van der Waals surface area contributed by atoms with Crippen molar-refractivity contribution in [2.24, 2.45) is 0 Å². The predicted molar refractivity (Wildman–Crippen MR) is 71.4 cm³/mol.